The summed E-state index contributed by atoms with van der Waals surface area (Å²) in [4.78, 5) is 2.43. The molecule has 1 aliphatic heterocycles. The highest BCUT2D eigenvalue weighted by molar-refractivity contribution is 6.31. The van der Waals surface area contributed by atoms with Crippen molar-refractivity contribution in [3.63, 3.8) is 0 Å². The van der Waals surface area contributed by atoms with E-state index >= 15 is 0 Å². The van der Waals surface area contributed by atoms with E-state index in [4.69, 9.17) is 11.6 Å². The van der Waals surface area contributed by atoms with Crippen molar-refractivity contribution < 1.29 is 0 Å². The minimum Gasteiger partial charge on any atom is -0.311 e. The Bertz CT molecular complexity index is 394. The average molecular weight is 281 g/mol. The smallest absolute Gasteiger partial charge is 0.0438 e. The van der Waals surface area contributed by atoms with Gasteiger partial charge in [0.1, 0.15) is 0 Å². The molecule has 2 nitrogen and oxygen atoms in total. The minimum absolute atomic E-state index is 0.480. The van der Waals surface area contributed by atoms with Crippen LogP contribution in [0.3, 0.4) is 0 Å². The topological polar surface area (TPSA) is 15.3 Å². The van der Waals surface area contributed by atoms with Gasteiger partial charge in [0, 0.05) is 17.1 Å². The number of nitrogens with zero attached hydrogens (tertiary/aromatic N) is 1. The lowest BCUT2D eigenvalue weighted by molar-refractivity contribution is 0.339. The van der Waals surface area contributed by atoms with Crippen LogP contribution in [0.2, 0.25) is 5.02 Å². The standard InChI is InChI=1S/C16H25ClN2/c1-13(12-14-6-3-4-8-16(14)17)18-15-7-5-10-19(2)11-9-15/h3-4,6,8,13,15,18H,5,7,9-12H2,1-2H3. The van der Waals surface area contributed by atoms with Gasteiger partial charge in [0.15, 0.2) is 0 Å². The molecule has 2 rings (SSSR count). The normalized spacial score (nSPS) is 23.0. The predicted molar refractivity (Wildman–Crippen MR) is 82.9 cm³/mol. The second kappa shape index (κ2) is 7.28. The number of halogens is 1. The third-order valence-corrected chi connectivity index (χ3v) is 4.32. The number of benzene rings is 1. The van der Waals surface area contributed by atoms with E-state index in [1.165, 1.54) is 37.9 Å². The second-order valence-electron chi connectivity index (χ2n) is 5.79. The zero-order valence-corrected chi connectivity index (χ0v) is 12.8. The highest BCUT2D eigenvalue weighted by Crippen LogP contribution is 2.17. The van der Waals surface area contributed by atoms with Crippen LogP contribution < -0.4 is 5.32 Å². The molecule has 0 bridgehead atoms. The number of hydrogen-bond acceptors (Lipinski definition) is 2. The van der Waals surface area contributed by atoms with Crippen LogP contribution in [0.4, 0.5) is 0 Å². The molecule has 2 unspecified atom stereocenters. The second-order valence-corrected chi connectivity index (χ2v) is 6.20. The quantitative estimate of drug-likeness (QED) is 0.910. The first kappa shape index (κ1) is 14.8. The first-order chi connectivity index (χ1) is 9.15. The largest absolute Gasteiger partial charge is 0.311 e. The zero-order chi connectivity index (χ0) is 13.7. The summed E-state index contributed by atoms with van der Waals surface area (Å²) in [6.07, 6.45) is 4.85. The molecule has 0 spiro atoms. The van der Waals surface area contributed by atoms with Crippen molar-refractivity contribution in [2.45, 2.75) is 44.7 Å². The van der Waals surface area contributed by atoms with Gasteiger partial charge in [-0.2, -0.15) is 0 Å². The number of hydrogen-bond donors (Lipinski definition) is 1. The lowest BCUT2D eigenvalue weighted by atomic mass is 10.0. The predicted octanol–water partition coefficient (Wildman–Crippen LogP) is 3.34. The first-order valence-corrected chi connectivity index (χ1v) is 7.71. The average Bonchev–Trinajstić information content (AvgIpc) is 2.57. The lowest BCUT2D eigenvalue weighted by Gasteiger charge is -2.22. The molecule has 1 fully saturated rings. The highest BCUT2D eigenvalue weighted by atomic mass is 35.5. The van der Waals surface area contributed by atoms with Crippen molar-refractivity contribution in [1.29, 1.82) is 0 Å². The fourth-order valence-corrected chi connectivity index (χ4v) is 3.07. The molecule has 19 heavy (non-hydrogen) atoms. The molecule has 106 valence electrons. The van der Waals surface area contributed by atoms with Gasteiger partial charge in [-0.05, 0) is 64.4 Å². The molecule has 1 aliphatic rings. The van der Waals surface area contributed by atoms with Gasteiger partial charge in [0.25, 0.3) is 0 Å². The third kappa shape index (κ3) is 4.79. The van der Waals surface area contributed by atoms with Crippen LogP contribution in [0.25, 0.3) is 0 Å². The highest BCUT2D eigenvalue weighted by Gasteiger charge is 2.17. The Morgan fingerprint density at radius 3 is 2.89 bits per heavy atom. The monoisotopic (exact) mass is 280 g/mol. The van der Waals surface area contributed by atoms with Gasteiger partial charge in [-0.15, -0.1) is 0 Å². The van der Waals surface area contributed by atoms with Gasteiger partial charge in [-0.25, -0.2) is 0 Å². The Hall–Kier alpha value is -0.570. The number of rotatable bonds is 4. The van der Waals surface area contributed by atoms with Gasteiger partial charge in [0.2, 0.25) is 0 Å². The summed E-state index contributed by atoms with van der Waals surface area (Å²) in [6, 6.07) is 9.29. The molecule has 1 N–H and O–H groups in total. The maximum absolute atomic E-state index is 6.22. The fourth-order valence-electron chi connectivity index (χ4n) is 2.86. The van der Waals surface area contributed by atoms with Crippen LogP contribution >= 0.6 is 11.6 Å². The summed E-state index contributed by atoms with van der Waals surface area (Å²) in [5.74, 6) is 0. The van der Waals surface area contributed by atoms with Gasteiger partial charge >= 0.3 is 0 Å². The lowest BCUT2D eigenvalue weighted by Crippen LogP contribution is -2.38. The molecule has 3 heteroatoms. The Labute approximate surface area is 122 Å². The van der Waals surface area contributed by atoms with E-state index in [-0.39, 0.29) is 0 Å². The molecule has 0 aliphatic carbocycles. The Morgan fingerprint density at radius 2 is 2.11 bits per heavy atom. The molecule has 0 amide bonds. The molecule has 1 heterocycles. The molecule has 0 radical (unpaired) electrons. The van der Waals surface area contributed by atoms with Gasteiger partial charge in [-0.1, -0.05) is 29.8 Å². The van der Waals surface area contributed by atoms with E-state index in [0.29, 0.717) is 12.1 Å². The van der Waals surface area contributed by atoms with E-state index in [1.54, 1.807) is 0 Å². The van der Waals surface area contributed by atoms with Crippen LogP contribution in [-0.2, 0) is 6.42 Å². The van der Waals surface area contributed by atoms with Crippen molar-refractivity contribution >= 4 is 11.6 Å². The van der Waals surface area contributed by atoms with Crippen molar-refractivity contribution in [3.05, 3.63) is 34.9 Å². The molecular weight excluding hydrogens is 256 g/mol. The van der Waals surface area contributed by atoms with Crippen molar-refractivity contribution in [2.75, 3.05) is 20.1 Å². The summed E-state index contributed by atoms with van der Waals surface area (Å²) in [7, 11) is 2.22. The third-order valence-electron chi connectivity index (χ3n) is 3.96. The summed E-state index contributed by atoms with van der Waals surface area (Å²) >= 11 is 6.22. The maximum Gasteiger partial charge on any atom is 0.0438 e. The van der Waals surface area contributed by atoms with Crippen LogP contribution in [0, 0.1) is 0 Å². The van der Waals surface area contributed by atoms with E-state index in [1.807, 2.05) is 12.1 Å². The Morgan fingerprint density at radius 1 is 1.32 bits per heavy atom. The maximum atomic E-state index is 6.22. The van der Waals surface area contributed by atoms with Crippen LogP contribution in [-0.4, -0.2) is 37.1 Å². The van der Waals surface area contributed by atoms with Gasteiger partial charge in [-0.3, -0.25) is 0 Å². The van der Waals surface area contributed by atoms with Crippen molar-refractivity contribution in [1.82, 2.24) is 10.2 Å². The summed E-state index contributed by atoms with van der Waals surface area (Å²) in [5.41, 5.74) is 1.25. The summed E-state index contributed by atoms with van der Waals surface area (Å²) in [5, 5.41) is 4.66. The first-order valence-electron chi connectivity index (χ1n) is 7.33. The SMILES string of the molecule is CC(Cc1ccccc1Cl)NC1CCCN(C)CC1. The van der Waals surface area contributed by atoms with Gasteiger partial charge < -0.3 is 10.2 Å². The summed E-state index contributed by atoms with van der Waals surface area (Å²) < 4.78 is 0. The Kier molecular flexibility index (Phi) is 5.68. The summed E-state index contributed by atoms with van der Waals surface area (Å²) in [6.45, 7) is 4.70. The zero-order valence-electron chi connectivity index (χ0n) is 12.0. The molecule has 2 atom stereocenters. The molecule has 0 saturated carbocycles. The van der Waals surface area contributed by atoms with Crippen molar-refractivity contribution in [2.24, 2.45) is 0 Å². The van der Waals surface area contributed by atoms with Crippen LogP contribution in [0.5, 0.6) is 0 Å². The van der Waals surface area contributed by atoms with E-state index in [9.17, 15) is 0 Å². The van der Waals surface area contributed by atoms with Gasteiger partial charge in [0.05, 0.1) is 0 Å². The number of nitrogens with one attached hydrogen (secondary N) is 1. The number of likely N-dealkylation sites (tertiary alicyclic amines) is 1. The molecular formula is C16H25ClN2. The van der Waals surface area contributed by atoms with Crippen LogP contribution in [0.1, 0.15) is 31.7 Å². The van der Waals surface area contributed by atoms with Crippen molar-refractivity contribution in [3.8, 4) is 0 Å². The van der Waals surface area contributed by atoms with E-state index in [0.717, 1.165) is 11.4 Å². The van der Waals surface area contributed by atoms with E-state index in [2.05, 4.69) is 36.3 Å². The fraction of sp³-hybridized carbons (Fsp3) is 0.625. The Balaban J connectivity index is 1.84. The molecule has 1 aromatic carbocycles. The minimum atomic E-state index is 0.480. The van der Waals surface area contributed by atoms with E-state index < -0.39 is 0 Å². The molecule has 1 saturated heterocycles. The van der Waals surface area contributed by atoms with Crippen LogP contribution in [0.15, 0.2) is 24.3 Å². The molecule has 0 aromatic heterocycles. The molecule has 1 aromatic rings.